The van der Waals surface area contributed by atoms with E-state index in [1.54, 1.807) is 12.1 Å². The molecule has 0 saturated carbocycles. The zero-order valence-corrected chi connectivity index (χ0v) is 17.5. The summed E-state index contributed by atoms with van der Waals surface area (Å²) in [5.74, 6) is -8.27. The third-order valence-corrected chi connectivity index (χ3v) is 5.04. The van der Waals surface area contributed by atoms with Gasteiger partial charge in [0.25, 0.3) is 0 Å². The zero-order chi connectivity index (χ0) is 26.8. The molecular weight excluding hydrogens is 489 g/mol. The standard InChI is InChI=1S/C25H7F7N4/c26-21-19(11-36)22(27)24(29)20(23(21)28)18(10-35)16-5-4-12(14(8-33)9-34)7-17(16)13-2-1-3-15(6-13)25(30,31)32/h1-7H/b18-16+. The lowest BCUT2D eigenvalue weighted by Crippen LogP contribution is -2.19. The Hall–Kier alpha value is -5.13. The molecule has 0 bridgehead atoms. The van der Waals surface area contributed by atoms with Crippen LogP contribution in [-0.4, -0.2) is 0 Å². The molecule has 0 amide bonds. The number of nitriles is 4. The third kappa shape index (κ3) is 4.34. The summed E-state index contributed by atoms with van der Waals surface area (Å²) < 4.78 is 97.9. The molecule has 11 heteroatoms. The van der Waals surface area contributed by atoms with Crippen molar-refractivity contribution in [3.8, 4) is 35.4 Å². The van der Waals surface area contributed by atoms with E-state index in [4.69, 9.17) is 15.8 Å². The fourth-order valence-electron chi connectivity index (χ4n) is 3.37. The average molecular weight is 496 g/mol. The Morgan fingerprint density at radius 2 is 1.33 bits per heavy atom. The Morgan fingerprint density at radius 3 is 1.83 bits per heavy atom. The van der Waals surface area contributed by atoms with Crippen molar-refractivity contribution >= 4 is 11.1 Å². The van der Waals surface area contributed by atoms with Crippen LogP contribution in [0.5, 0.6) is 0 Å². The highest BCUT2D eigenvalue weighted by atomic mass is 19.4. The maximum atomic E-state index is 14.7. The molecule has 0 radical (unpaired) electrons. The van der Waals surface area contributed by atoms with Gasteiger partial charge in [-0.2, -0.15) is 34.2 Å². The molecule has 4 nitrogen and oxygen atoms in total. The van der Waals surface area contributed by atoms with Crippen LogP contribution in [0.2, 0.25) is 0 Å². The van der Waals surface area contributed by atoms with Crippen molar-refractivity contribution in [1.29, 1.82) is 21.0 Å². The van der Waals surface area contributed by atoms with E-state index in [-0.39, 0.29) is 16.3 Å². The van der Waals surface area contributed by atoms with Gasteiger partial charge in [-0.05, 0) is 29.3 Å². The number of hydrogen-bond donors (Lipinski definition) is 0. The van der Waals surface area contributed by atoms with Crippen LogP contribution in [0, 0.1) is 68.6 Å². The second kappa shape index (κ2) is 9.62. The van der Waals surface area contributed by atoms with Gasteiger partial charge in [-0.25, -0.2) is 17.6 Å². The first kappa shape index (κ1) is 25.5. The molecular formula is C25H7F7N4. The van der Waals surface area contributed by atoms with E-state index in [0.29, 0.717) is 6.07 Å². The zero-order valence-electron chi connectivity index (χ0n) is 17.5. The molecule has 3 aromatic carbocycles. The van der Waals surface area contributed by atoms with Crippen LogP contribution in [-0.2, 0) is 6.18 Å². The summed E-state index contributed by atoms with van der Waals surface area (Å²) in [6.45, 7) is 0. The molecule has 0 aliphatic rings. The highest BCUT2D eigenvalue weighted by molar-refractivity contribution is 5.83. The normalized spacial score (nSPS) is 11.5. The van der Waals surface area contributed by atoms with Crippen molar-refractivity contribution < 1.29 is 30.7 Å². The van der Waals surface area contributed by atoms with E-state index in [9.17, 15) is 36.0 Å². The van der Waals surface area contributed by atoms with E-state index in [1.807, 2.05) is 0 Å². The molecule has 0 heterocycles. The lowest BCUT2D eigenvalue weighted by atomic mass is 9.93. The topological polar surface area (TPSA) is 95.2 Å². The molecule has 0 aliphatic carbocycles. The Morgan fingerprint density at radius 1 is 0.722 bits per heavy atom. The lowest BCUT2D eigenvalue weighted by Gasteiger charge is -2.12. The second-order valence-electron chi connectivity index (χ2n) is 7.04. The van der Waals surface area contributed by atoms with E-state index >= 15 is 0 Å². The molecule has 0 spiro atoms. The number of nitrogens with zero attached hydrogens (tertiary/aromatic N) is 4. The SMILES string of the molecule is N#CC(C#N)=c1cc/c(=C(/C#N)c2c(F)c(F)c(C#N)c(F)c2F)c(-c2cccc(C(F)(F)F)c2)c1. The van der Waals surface area contributed by atoms with E-state index < -0.39 is 62.5 Å². The first-order valence-corrected chi connectivity index (χ1v) is 9.53. The predicted molar refractivity (Wildman–Crippen MR) is 110 cm³/mol. The van der Waals surface area contributed by atoms with Crippen LogP contribution in [0.4, 0.5) is 30.7 Å². The molecule has 3 aromatic rings. The third-order valence-electron chi connectivity index (χ3n) is 5.04. The molecule has 176 valence electrons. The Labute approximate surface area is 197 Å². The quantitative estimate of drug-likeness (QED) is 0.379. The summed E-state index contributed by atoms with van der Waals surface area (Å²) in [4.78, 5) is 0. The number of hydrogen-bond acceptors (Lipinski definition) is 4. The first-order valence-electron chi connectivity index (χ1n) is 9.53. The molecule has 0 atom stereocenters. The van der Waals surface area contributed by atoms with E-state index in [1.165, 1.54) is 6.07 Å². The minimum Gasteiger partial charge on any atom is -0.203 e. The van der Waals surface area contributed by atoms with Gasteiger partial charge in [0.15, 0.2) is 23.3 Å². The lowest BCUT2D eigenvalue weighted by molar-refractivity contribution is -0.137. The minimum absolute atomic E-state index is 0.105. The van der Waals surface area contributed by atoms with Crippen molar-refractivity contribution in [3.63, 3.8) is 0 Å². The van der Waals surface area contributed by atoms with Crippen LogP contribution < -0.4 is 10.4 Å². The van der Waals surface area contributed by atoms with Gasteiger partial charge < -0.3 is 0 Å². The van der Waals surface area contributed by atoms with Crippen LogP contribution in [0.25, 0.3) is 22.3 Å². The van der Waals surface area contributed by atoms with E-state index in [0.717, 1.165) is 42.5 Å². The van der Waals surface area contributed by atoms with Crippen LogP contribution in [0.1, 0.15) is 16.7 Å². The average Bonchev–Trinajstić information content (AvgIpc) is 2.86. The van der Waals surface area contributed by atoms with Crippen molar-refractivity contribution in [2.24, 2.45) is 0 Å². The monoisotopic (exact) mass is 496 g/mol. The summed E-state index contributed by atoms with van der Waals surface area (Å²) in [5, 5.41) is 36.2. The van der Waals surface area contributed by atoms with Crippen molar-refractivity contribution in [2.75, 3.05) is 0 Å². The molecule has 36 heavy (non-hydrogen) atoms. The number of halogens is 7. The Kier molecular flexibility index (Phi) is 6.81. The highest BCUT2D eigenvalue weighted by Gasteiger charge is 2.31. The minimum atomic E-state index is -4.80. The maximum Gasteiger partial charge on any atom is 0.416 e. The molecule has 0 unspecified atom stereocenters. The van der Waals surface area contributed by atoms with Gasteiger partial charge in [0, 0.05) is 10.4 Å². The predicted octanol–water partition coefficient (Wildman–Crippen LogP) is 4.72. The van der Waals surface area contributed by atoms with Gasteiger partial charge in [-0.1, -0.05) is 24.3 Å². The van der Waals surface area contributed by atoms with Gasteiger partial charge in [0.1, 0.15) is 35.4 Å². The summed E-state index contributed by atoms with van der Waals surface area (Å²) in [6.07, 6.45) is -4.80. The molecule has 3 rings (SSSR count). The van der Waals surface area contributed by atoms with Gasteiger partial charge in [-0.3, -0.25) is 0 Å². The summed E-state index contributed by atoms with van der Waals surface area (Å²) in [5.41, 5.74) is -6.23. The second-order valence-corrected chi connectivity index (χ2v) is 7.04. The van der Waals surface area contributed by atoms with Crippen LogP contribution in [0.15, 0.2) is 42.5 Å². The van der Waals surface area contributed by atoms with E-state index in [2.05, 4.69) is 0 Å². The summed E-state index contributed by atoms with van der Waals surface area (Å²) in [7, 11) is 0. The fraction of sp³-hybridized carbons (Fsp3) is 0.0400. The van der Waals surface area contributed by atoms with Crippen LogP contribution in [0.3, 0.4) is 0 Å². The largest absolute Gasteiger partial charge is 0.416 e. The van der Waals surface area contributed by atoms with Gasteiger partial charge in [0.05, 0.1) is 16.7 Å². The first-order chi connectivity index (χ1) is 17.0. The number of alkyl halides is 3. The Balaban J connectivity index is 2.61. The maximum absolute atomic E-state index is 14.7. The summed E-state index contributed by atoms with van der Waals surface area (Å²) >= 11 is 0. The molecule has 0 saturated heterocycles. The van der Waals surface area contributed by atoms with Gasteiger partial charge in [-0.15, -0.1) is 0 Å². The highest BCUT2D eigenvalue weighted by Crippen LogP contribution is 2.32. The van der Waals surface area contributed by atoms with Crippen molar-refractivity contribution in [1.82, 2.24) is 0 Å². The molecule has 0 fully saturated rings. The van der Waals surface area contributed by atoms with Gasteiger partial charge >= 0.3 is 6.18 Å². The number of rotatable bonds is 2. The van der Waals surface area contributed by atoms with Gasteiger partial charge in [0.2, 0.25) is 0 Å². The smallest absolute Gasteiger partial charge is 0.203 e. The fourth-order valence-corrected chi connectivity index (χ4v) is 3.37. The van der Waals surface area contributed by atoms with Crippen molar-refractivity contribution in [2.45, 2.75) is 6.18 Å². The summed E-state index contributed by atoms with van der Waals surface area (Å²) in [6, 6.07) is 12.1. The van der Waals surface area contributed by atoms with Crippen LogP contribution >= 0.6 is 0 Å². The Bertz CT molecular complexity index is 1670. The molecule has 0 N–H and O–H groups in total. The van der Waals surface area contributed by atoms with Crippen molar-refractivity contribution in [3.05, 3.63) is 92.9 Å². The molecule has 0 aliphatic heterocycles. The number of benzene rings is 3. The molecule has 0 aromatic heterocycles.